The Morgan fingerprint density at radius 1 is 0.932 bits per heavy atom. The first-order chi connectivity index (χ1) is 21.0. The van der Waals surface area contributed by atoms with Crippen LogP contribution in [0.4, 0.5) is 0 Å². The molecule has 2 aromatic carbocycles. The number of ether oxygens (including phenoxy) is 2. The Bertz CT molecular complexity index is 1220. The van der Waals surface area contributed by atoms with E-state index in [1.54, 1.807) is 0 Å². The lowest BCUT2D eigenvalue weighted by atomic mass is 9.57. The normalized spacial score (nSPS) is 32.9. The van der Waals surface area contributed by atoms with Gasteiger partial charge in [-0.25, -0.2) is 0 Å². The van der Waals surface area contributed by atoms with Gasteiger partial charge in [0.05, 0.1) is 23.7 Å². The summed E-state index contributed by atoms with van der Waals surface area (Å²) >= 11 is 0. The minimum atomic E-state index is -3.41. The van der Waals surface area contributed by atoms with Gasteiger partial charge in [-0.05, 0) is 107 Å². The van der Waals surface area contributed by atoms with Gasteiger partial charge in [0, 0.05) is 23.1 Å². The molecular weight excluding hydrogens is 571 g/mol. The SMILES string of the molecule is CCC(C)(C)C(=O)O[C@H]1C[C@@H](C)[C@@H](OP(=O)(c2ccccc2)c2ccccc2)[C@@H]2CC[C@H](C)[C@H](CC[C@@H]3C[C@H](O)CCO3)[C@H]21. The molecule has 7 heteroatoms. The molecule has 2 aromatic rings. The number of benzene rings is 2. The first-order valence-electron chi connectivity index (χ1n) is 16.9. The second-order valence-electron chi connectivity index (χ2n) is 14.4. The zero-order chi connectivity index (χ0) is 31.5. The summed E-state index contributed by atoms with van der Waals surface area (Å²) < 4.78 is 34.7. The van der Waals surface area contributed by atoms with Crippen LogP contribution >= 0.6 is 7.37 Å². The van der Waals surface area contributed by atoms with Crippen LogP contribution in [0.25, 0.3) is 0 Å². The number of rotatable bonds is 10. The molecule has 2 aliphatic carbocycles. The van der Waals surface area contributed by atoms with Crippen molar-refractivity contribution >= 4 is 23.9 Å². The number of hydrogen-bond acceptors (Lipinski definition) is 6. The molecular formula is C37H53O6P. The average Bonchev–Trinajstić information content (AvgIpc) is 3.03. The molecule has 6 nitrogen and oxygen atoms in total. The lowest BCUT2D eigenvalue weighted by Gasteiger charge is -2.53. The van der Waals surface area contributed by atoms with Crippen LogP contribution in [0, 0.1) is 35.0 Å². The molecule has 3 fully saturated rings. The fraction of sp³-hybridized carbons (Fsp3) is 0.649. The summed E-state index contributed by atoms with van der Waals surface area (Å²) in [6, 6.07) is 19.3. The first-order valence-corrected chi connectivity index (χ1v) is 18.6. The molecule has 0 aromatic heterocycles. The summed E-state index contributed by atoms with van der Waals surface area (Å²) in [5, 5.41) is 11.7. The van der Waals surface area contributed by atoms with Crippen LogP contribution in [0.3, 0.4) is 0 Å². The molecule has 9 atom stereocenters. The summed E-state index contributed by atoms with van der Waals surface area (Å²) in [6.07, 6.45) is 5.91. The van der Waals surface area contributed by atoms with Crippen molar-refractivity contribution in [1.29, 1.82) is 0 Å². The summed E-state index contributed by atoms with van der Waals surface area (Å²) in [7, 11) is -3.41. The number of esters is 1. The van der Waals surface area contributed by atoms with Gasteiger partial charge in [-0.2, -0.15) is 0 Å². The Labute approximate surface area is 264 Å². The van der Waals surface area contributed by atoms with Crippen molar-refractivity contribution in [3.8, 4) is 0 Å². The maximum atomic E-state index is 15.1. The van der Waals surface area contributed by atoms with Crippen LogP contribution in [0.5, 0.6) is 0 Å². The molecule has 0 unspecified atom stereocenters. The topological polar surface area (TPSA) is 82.1 Å². The predicted molar refractivity (Wildman–Crippen MR) is 175 cm³/mol. The predicted octanol–water partition coefficient (Wildman–Crippen LogP) is 7.29. The largest absolute Gasteiger partial charge is 0.462 e. The molecule has 0 spiro atoms. The van der Waals surface area contributed by atoms with Gasteiger partial charge in [0.1, 0.15) is 6.10 Å². The monoisotopic (exact) mass is 624 g/mol. The minimum Gasteiger partial charge on any atom is -0.462 e. The van der Waals surface area contributed by atoms with Crippen LogP contribution < -0.4 is 10.6 Å². The van der Waals surface area contributed by atoms with Crippen LogP contribution in [-0.4, -0.2) is 42.1 Å². The van der Waals surface area contributed by atoms with E-state index < -0.39 is 12.8 Å². The van der Waals surface area contributed by atoms with Crippen LogP contribution in [-0.2, 0) is 23.4 Å². The molecule has 0 bridgehead atoms. The third kappa shape index (κ3) is 7.20. The molecule has 2 saturated carbocycles. The molecule has 0 radical (unpaired) electrons. The van der Waals surface area contributed by atoms with E-state index in [0.717, 1.165) is 25.7 Å². The van der Waals surface area contributed by atoms with Crippen LogP contribution in [0.2, 0.25) is 0 Å². The fourth-order valence-corrected chi connectivity index (χ4v) is 10.3. The van der Waals surface area contributed by atoms with Gasteiger partial charge in [0.25, 0.3) is 7.37 Å². The molecule has 3 aliphatic rings. The van der Waals surface area contributed by atoms with Gasteiger partial charge < -0.3 is 19.1 Å². The van der Waals surface area contributed by atoms with Crippen molar-refractivity contribution in [3.05, 3.63) is 60.7 Å². The number of aliphatic hydroxyl groups excluding tert-OH is 1. The quantitative estimate of drug-likeness (QED) is 0.221. The summed E-state index contributed by atoms with van der Waals surface area (Å²) in [6.45, 7) is 11.1. The standard InChI is InChI=1S/C37H53O6P/c1-6-37(4,5)36(39)42-33-23-26(3)35(43-44(40,29-13-9-7-10-14-29)30-15-11-8-12-16-30)32-19-17-25(2)31(34(32)33)20-18-28-24-27(38)21-22-41-28/h7-16,25-28,31-35,38H,6,17-24H2,1-5H3/t25-,26+,27+,28+,31-,32+,33-,34+,35+/m0/s1. The summed E-state index contributed by atoms with van der Waals surface area (Å²) in [5.41, 5.74) is -0.551. The highest BCUT2D eigenvalue weighted by Gasteiger charge is 2.53. The average molecular weight is 625 g/mol. The second kappa shape index (κ2) is 14.2. The van der Waals surface area contributed by atoms with E-state index in [-0.39, 0.29) is 48.1 Å². The smallest absolute Gasteiger partial charge is 0.311 e. The third-order valence-electron chi connectivity index (χ3n) is 11.0. The zero-order valence-corrected chi connectivity index (χ0v) is 28.2. The molecule has 1 N–H and O–H groups in total. The number of carbonyl (C=O) groups excluding carboxylic acids is 1. The van der Waals surface area contributed by atoms with Crippen molar-refractivity contribution in [2.45, 2.75) is 110 Å². The molecule has 0 amide bonds. The van der Waals surface area contributed by atoms with Crippen molar-refractivity contribution in [3.63, 3.8) is 0 Å². The van der Waals surface area contributed by atoms with Crippen molar-refractivity contribution in [2.75, 3.05) is 6.61 Å². The van der Waals surface area contributed by atoms with Gasteiger partial charge in [-0.1, -0.05) is 63.6 Å². The summed E-state index contributed by atoms with van der Waals surface area (Å²) in [4.78, 5) is 13.5. The second-order valence-corrected chi connectivity index (χ2v) is 16.7. The molecule has 5 rings (SSSR count). The maximum Gasteiger partial charge on any atom is 0.311 e. The lowest BCUT2D eigenvalue weighted by Crippen LogP contribution is -2.54. The van der Waals surface area contributed by atoms with Crippen LogP contribution in [0.1, 0.15) is 86.0 Å². The Morgan fingerprint density at radius 2 is 1.57 bits per heavy atom. The van der Waals surface area contributed by atoms with Gasteiger partial charge in [-0.15, -0.1) is 0 Å². The van der Waals surface area contributed by atoms with E-state index in [2.05, 4.69) is 13.8 Å². The van der Waals surface area contributed by atoms with Crippen molar-refractivity contribution in [2.24, 2.45) is 35.0 Å². The Morgan fingerprint density at radius 3 is 2.16 bits per heavy atom. The maximum absolute atomic E-state index is 15.1. The highest BCUT2D eigenvalue weighted by Crippen LogP contribution is 2.56. The van der Waals surface area contributed by atoms with E-state index in [1.807, 2.05) is 81.4 Å². The van der Waals surface area contributed by atoms with Crippen molar-refractivity contribution < 1.29 is 28.5 Å². The molecule has 1 saturated heterocycles. The van der Waals surface area contributed by atoms with Crippen molar-refractivity contribution in [1.82, 2.24) is 0 Å². The number of carbonyl (C=O) groups is 1. The molecule has 1 aliphatic heterocycles. The van der Waals surface area contributed by atoms with E-state index in [9.17, 15) is 9.90 Å². The van der Waals surface area contributed by atoms with Gasteiger partial charge in [0.15, 0.2) is 0 Å². The van der Waals surface area contributed by atoms with E-state index in [1.165, 1.54) is 0 Å². The van der Waals surface area contributed by atoms with Crippen LogP contribution in [0.15, 0.2) is 60.7 Å². The molecule has 242 valence electrons. The minimum absolute atomic E-state index is 0.0530. The zero-order valence-electron chi connectivity index (χ0n) is 27.3. The number of hydrogen-bond donors (Lipinski definition) is 1. The third-order valence-corrected chi connectivity index (χ3v) is 13.5. The Hall–Kier alpha value is -1.98. The lowest BCUT2D eigenvalue weighted by molar-refractivity contribution is -0.180. The first kappa shape index (κ1) is 33.4. The highest BCUT2D eigenvalue weighted by atomic mass is 31.2. The van der Waals surface area contributed by atoms with Gasteiger partial charge >= 0.3 is 5.97 Å². The van der Waals surface area contributed by atoms with E-state index >= 15 is 4.57 Å². The Balaban J connectivity index is 1.48. The molecule has 44 heavy (non-hydrogen) atoms. The summed E-state index contributed by atoms with van der Waals surface area (Å²) in [5.74, 6) is 0.904. The molecule has 1 heterocycles. The van der Waals surface area contributed by atoms with Gasteiger partial charge in [0.2, 0.25) is 0 Å². The highest BCUT2D eigenvalue weighted by molar-refractivity contribution is 7.74. The van der Waals surface area contributed by atoms with E-state index in [0.29, 0.717) is 54.7 Å². The van der Waals surface area contributed by atoms with E-state index in [4.69, 9.17) is 14.0 Å². The number of fused-ring (bicyclic) bond motifs is 1. The number of aliphatic hydroxyl groups is 1. The Kier molecular flexibility index (Phi) is 10.8. The van der Waals surface area contributed by atoms with Gasteiger partial charge in [-0.3, -0.25) is 9.36 Å². The fourth-order valence-electron chi connectivity index (χ4n) is 7.93.